The standard InChI is InChI=1S/C22H28N2O3S/c1-16(2)24-28(26,27)15-20-9-4-3-8-19(20)14-23-22(25)13-18-12-11-17-7-5-6-10-21(17)18/h3-10,16,18,24H,11-15H2,1-2H3,(H,23,25). The molecule has 0 radical (unpaired) electrons. The highest BCUT2D eigenvalue weighted by molar-refractivity contribution is 7.88. The number of hydrogen-bond acceptors (Lipinski definition) is 3. The molecule has 5 nitrogen and oxygen atoms in total. The maximum absolute atomic E-state index is 12.5. The molecule has 3 rings (SSSR count). The number of carbonyl (C=O) groups excluding carboxylic acids is 1. The van der Waals surface area contributed by atoms with Crippen molar-refractivity contribution in [2.24, 2.45) is 0 Å². The van der Waals surface area contributed by atoms with Gasteiger partial charge in [-0.3, -0.25) is 4.79 Å². The molecule has 28 heavy (non-hydrogen) atoms. The van der Waals surface area contributed by atoms with Crippen LogP contribution in [0.2, 0.25) is 0 Å². The predicted molar refractivity (Wildman–Crippen MR) is 111 cm³/mol. The van der Waals surface area contributed by atoms with Crippen LogP contribution < -0.4 is 10.0 Å². The second-order valence-corrected chi connectivity index (χ2v) is 9.47. The fourth-order valence-corrected chi connectivity index (χ4v) is 5.32. The van der Waals surface area contributed by atoms with Gasteiger partial charge in [-0.1, -0.05) is 48.5 Å². The molecule has 0 heterocycles. The van der Waals surface area contributed by atoms with Gasteiger partial charge in [0.2, 0.25) is 15.9 Å². The number of hydrogen-bond donors (Lipinski definition) is 2. The Hall–Kier alpha value is -2.18. The van der Waals surface area contributed by atoms with Crippen LogP contribution in [0.25, 0.3) is 0 Å². The van der Waals surface area contributed by atoms with Crippen LogP contribution in [0.1, 0.15) is 54.9 Å². The van der Waals surface area contributed by atoms with Crippen molar-refractivity contribution >= 4 is 15.9 Å². The molecule has 1 atom stereocenters. The summed E-state index contributed by atoms with van der Waals surface area (Å²) in [4.78, 5) is 12.5. The molecule has 0 bridgehead atoms. The van der Waals surface area contributed by atoms with E-state index in [2.05, 4.69) is 22.2 Å². The van der Waals surface area contributed by atoms with E-state index in [-0.39, 0.29) is 23.6 Å². The van der Waals surface area contributed by atoms with Gasteiger partial charge in [-0.2, -0.15) is 0 Å². The van der Waals surface area contributed by atoms with Crippen LogP contribution in [0, 0.1) is 0 Å². The van der Waals surface area contributed by atoms with Crippen molar-refractivity contribution in [1.29, 1.82) is 0 Å². The average molecular weight is 401 g/mol. The van der Waals surface area contributed by atoms with Crippen LogP contribution in [0.4, 0.5) is 0 Å². The summed E-state index contributed by atoms with van der Waals surface area (Å²) >= 11 is 0. The molecule has 0 aromatic heterocycles. The van der Waals surface area contributed by atoms with Gasteiger partial charge in [0.15, 0.2) is 0 Å². The van der Waals surface area contributed by atoms with Gasteiger partial charge >= 0.3 is 0 Å². The van der Waals surface area contributed by atoms with Crippen molar-refractivity contribution in [3.8, 4) is 0 Å². The van der Waals surface area contributed by atoms with Gasteiger partial charge in [0.25, 0.3) is 0 Å². The number of amides is 1. The first-order valence-corrected chi connectivity index (χ1v) is 11.4. The molecule has 0 fully saturated rings. The number of nitrogens with one attached hydrogen (secondary N) is 2. The number of benzene rings is 2. The molecular formula is C22H28N2O3S. The molecule has 2 N–H and O–H groups in total. The summed E-state index contributed by atoms with van der Waals surface area (Å²) in [5, 5.41) is 2.97. The Morgan fingerprint density at radius 3 is 2.50 bits per heavy atom. The first kappa shape index (κ1) is 20.6. The summed E-state index contributed by atoms with van der Waals surface area (Å²) < 4.78 is 27.1. The average Bonchev–Trinajstić information content (AvgIpc) is 3.02. The van der Waals surface area contributed by atoms with Gasteiger partial charge in [0, 0.05) is 19.0 Å². The summed E-state index contributed by atoms with van der Waals surface area (Å²) in [7, 11) is -3.41. The van der Waals surface area contributed by atoms with E-state index in [0.717, 1.165) is 18.4 Å². The van der Waals surface area contributed by atoms with Crippen LogP contribution in [0.5, 0.6) is 0 Å². The molecule has 0 aliphatic heterocycles. The van der Waals surface area contributed by atoms with Crippen molar-refractivity contribution < 1.29 is 13.2 Å². The predicted octanol–water partition coefficient (Wildman–Crippen LogP) is 3.25. The van der Waals surface area contributed by atoms with E-state index in [1.54, 1.807) is 19.9 Å². The maximum atomic E-state index is 12.5. The summed E-state index contributed by atoms with van der Waals surface area (Å²) in [5.74, 6) is 0.175. The Balaban J connectivity index is 1.60. The van der Waals surface area contributed by atoms with Crippen LogP contribution in [-0.4, -0.2) is 20.4 Å². The molecule has 0 saturated carbocycles. The number of carbonyl (C=O) groups is 1. The minimum atomic E-state index is -3.41. The van der Waals surface area contributed by atoms with Crippen LogP contribution >= 0.6 is 0 Å². The van der Waals surface area contributed by atoms with Crippen molar-refractivity contribution in [2.45, 2.75) is 57.4 Å². The van der Waals surface area contributed by atoms with Gasteiger partial charge in [-0.25, -0.2) is 13.1 Å². The fourth-order valence-electron chi connectivity index (χ4n) is 3.82. The lowest BCUT2D eigenvalue weighted by atomic mass is 9.97. The van der Waals surface area contributed by atoms with E-state index in [1.165, 1.54) is 11.1 Å². The SMILES string of the molecule is CC(C)NS(=O)(=O)Cc1ccccc1CNC(=O)CC1CCc2ccccc21. The van der Waals surface area contributed by atoms with E-state index in [4.69, 9.17) is 0 Å². The fraction of sp³-hybridized carbons (Fsp3) is 0.409. The molecule has 1 aliphatic rings. The molecule has 2 aromatic carbocycles. The highest BCUT2D eigenvalue weighted by Gasteiger charge is 2.24. The number of rotatable bonds is 8. The third-order valence-electron chi connectivity index (χ3n) is 5.04. The third kappa shape index (κ3) is 5.42. The van der Waals surface area contributed by atoms with Gasteiger partial charge in [-0.05, 0) is 54.9 Å². The van der Waals surface area contributed by atoms with E-state index in [0.29, 0.717) is 18.5 Å². The number of sulfonamides is 1. The van der Waals surface area contributed by atoms with Crippen LogP contribution in [-0.2, 0) is 33.5 Å². The monoisotopic (exact) mass is 400 g/mol. The Bertz CT molecular complexity index is 938. The minimum absolute atomic E-state index is 0.000307. The lowest BCUT2D eigenvalue weighted by Crippen LogP contribution is -2.32. The second-order valence-electron chi connectivity index (χ2n) is 7.72. The van der Waals surface area contributed by atoms with E-state index >= 15 is 0 Å². The summed E-state index contributed by atoms with van der Waals surface area (Å²) in [6.07, 6.45) is 2.49. The Morgan fingerprint density at radius 2 is 1.75 bits per heavy atom. The topological polar surface area (TPSA) is 75.3 Å². The second kappa shape index (κ2) is 8.88. The van der Waals surface area contributed by atoms with Gasteiger partial charge < -0.3 is 5.32 Å². The number of aryl methyl sites for hydroxylation is 1. The van der Waals surface area contributed by atoms with Crippen LogP contribution in [0.3, 0.4) is 0 Å². The van der Waals surface area contributed by atoms with Gasteiger partial charge in [0.1, 0.15) is 0 Å². The third-order valence-corrected chi connectivity index (χ3v) is 6.57. The lowest BCUT2D eigenvalue weighted by molar-refractivity contribution is -0.121. The maximum Gasteiger partial charge on any atom is 0.220 e. The lowest BCUT2D eigenvalue weighted by Gasteiger charge is -2.15. The molecule has 2 aromatic rings. The first-order valence-electron chi connectivity index (χ1n) is 9.75. The summed E-state index contributed by atoms with van der Waals surface area (Å²) in [5.41, 5.74) is 4.16. The minimum Gasteiger partial charge on any atom is -0.352 e. The molecule has 0 saturated heterocycles. The molecule has 1 unspecified atom stereocenters. The molecule has 150 valence electrons. The van der Waals surface area contributed by atoms with Gasteiger partial charge in [0.05, 0.1) is 5.75 Å². The largest absolute Gasteiger partial charge is 0.352 e. The molecular weight excluding hydrogens is 372 g/mol. The Labute approximate surface area is 167 Å². The normalized spacial score (nSPS) is 16.2. The highest BCUT2D eigenvalue weighted by atomic mass is 32.2. The van der Waals surface area contributed by atoms with Gasteiger partial charge in [-0.15, -0.1) is 0 Å². The van der Waals surface area contributed by atoms with E-state index < -0.39 is 10.0 Å². The van der Waals surface area contributed by atoms with Crippen molar-refractivity contribution in [2.75, 3.05) is 0 Å². The van der Waals surface area contributed by atoms with Crippen LogP contribution in [0.15, 0.2) is 48.5 Å². The van der Waals surface area contributed by atoms with Crippen molar-refractivity contribution in [3.05, 3.63) is 70.8 Å². The zero-order valence-electron chi connectivity index (χ0n) is 16.4. The van der Waals surface area contributed by atoms with E-state index in [1.807, 2.05) is 30.3 Å². The van der Waals surface area contributed by atoms with E-state index in [9.17, 15) is 13.2 Å². The molecule has 1 amide bonds. The smallest absolute Gasteiger partial charge is 0.220 e. The Morgan fingerprint density at radius 1 is 1.07 bits per heavy atom. The zero-order valence-corrected chi connectivity index (χ0v) is 17.3. The summed E-state index contributed by atoms with van der Waals surface area (Å²) in [6.45, 7) is 3.93. The zero-order chi connectivity index (χ0) is 20.1. The molecule has 0 spiro atoms. The molecule has 6 heteroatoms. The molecule has 1 aliphatic carbocycles. The van der Waals surface area contributed by atoms with Crippen molar-refractivity contribution in [3.63, 3.8) is 0 Å². The quantitative estimate of drug-likeness (QED) is 0.714. The number of fused-ring (bicyclic) bond motifs is 1. The Kier molecular flexibility index (Phi) is 6.52. The first-order chi connectivity index (χ1) is 13.3. The van der Waals surface area contributed by atoms with Crippen molar-refractivity contribution in [1.82, 2.24) is 10.0 Å². The summed E-state index contributed by atoms with van der Waals surface area (Å²) in [6, 6.07) is 15.5. The highest BCUT2D eigenvalue weighted by Crippen LogP contribution is 2.35.